The number of hydrogen-bond donors (Lipinski definition) is 1. The monoisotopic (exact) mass is 241 g/mol. The molecule has 0 spiro atoms. The SMILES string of the molecule is N#Cc1cncc(-c2nc(N)ccc2[N+](=O)[O-])c1. The van der Waals surface area contributed by atoms with Gasteiger partial charge < -0.3 is 5.73 Å². The van der Waals surface area contributed by atoms with Crippen LogP contribution in [0, 0.1) is 21.4 Å². The lowest BCUT2D eigenvalue weighted by Gasteiger charge is -2.03. The molecule has 0 saturated carbocycles. The number of nitriles is 1. The molecule has 88 valence electrons. The predicted octanol–water partition coefficient (Wildman–Crippen LogP) is 1.51. The van der Waals surface area contributed by atoms with Gasteiger partial charge in [0.15, 0.2) is 5.69 Å². The van der Waals surface area contributed by atoms with E-state index in [9.17, 15) is 10.1 Å². The highest BCUT2D eigenvalue weighted by Gasteiger charge is 2.17. The van der Waals surface area contributed by atoms with Crippen LogP contribution in [0.5, 0.6) is 0 Å². The molecule has 0 bridgehead atoms. The summed E-state index contributed by atoms with van der Waals surface area (Å²) in [6.07, 6.45) is 2.76. The van der Waals surface area contributed by atoms with Gasteiger partial charge in [-0.2, -0.15) is 5.26 Å². The number of anilines is 1. The third-order valence-electron chi connectivity index (χ3n) is 2.23. The lowest BCUT2D eigenvalue weighted by molar-refractivity contribution is -0.384. The number of hydrogen-bond acceptors (Lipinski definition) is 6. The minimum absolute atomic E-state index is 0.101. The molecule has 2 rings (SSSR count). The smallest absolute Gasteiger partial charge is 0.295 e. The van der Waals surface area contributed by atoms with Gasteiger partial charge in [-0.25, -0.2) is 4.98 Å². The second kappa shape index (κ2) is 4.47. The Kier molecular flexibility index (Phi) is 2.85. The van der Waals surface area contributed by atoms with Crippen LogP contribution in [0.25, 0.3) is 11.3 Å². The van der Waals surface area contributed by atoms with Crippen LogP contribution in [0.15, 0.2) is 30.6 Å². The van der Waals surface area contributed by atoms with Gasteiger partial charge >= 0.3 is 0 Å². The molecule has 0 amide bonds. The fourth-order valence-electron chi connectivity index (χ4n) is 1.46. The number of nitrogen functional groups attached to an aromatic ring is 1. The Morgan fingerprint density at radius 3 is 2.83 bits per heavy atom. The minimum atomic E-state index is -0.555. The summed E-state index contributed by atoms with van der Waals surface area (Å²) in [5.41, 5.74) is 6.12. The maximum atomic E-state index is 10.9. The Hall–Kier alpha value is -3.01. The Bertz CT molecular complexity index is 663. The van der Waals surface area contributed by atoms with Gasteiger partial charge in [0.2, 0.25) is 0 Å². The van der Waals surface area contributed by atoms with Crippen molar-refractivity contribution in [3.05, 3.63) is 46.3 Å². The van der Waals surface area contributed by atoms with Crippen LogP contribution in [0.3, 0.4) is 0 Å². The van der Waals surface area contributed by atoms with Crippen molar-refractivity contribution in [3.63, 3.8) is 0 Å². The molecule has 2 aromatic heterocycles. The molecule has 18 heavy (non-hydrogen) atoms. The van der Waals surface area contributed by atoms with Crippen LogP contribution < -0.4 is 5.73 Å². The van der Waals surface area contributed by atoms with Crippen LogP contribution in [0.4, 0.5) is 11.5 Å². The fraction of sp³-hybridized carbons (Fsp3) is 0. The molecule has 2 N–H and O–H groups in total. The third kappa shape index (κ3) is 2.08. The van der Waals surface area contributed by atoms with Crippen molar-refractivity contribution in [2.45, 2.75) is 0 Å². The average molecular weight is 241 g/mol. The summed E-state index contributed by atoms with van der Waals surface area (Å²) in [7, 11) is 0. The quantitative estimate of drug-likeness (QED) is 0.628. The van der Waals surface area contributed by atoms with Crippen molar-refractivity contribution < 1.29 is 4.92 Å². The first kappa shape index (κ1) is 11.5. The highest BCUT2D eigenvalue weighted by molar-refractivity contribution is 5.71. The normalized spacial score (nSPS) is 9.72. The standard InChI is InChI=1S/C11H7N5O2/c12-4-7-3-8(6-14-5-7)11-9(16(17)18)1-2-10(13)15-11/h1-3,5-6H,(H2,13,15). The van der Waals surface area contributed by atoms with Crippen molar-refractivity contribution in [2.24, 2.45) is 0 Å². The number of nitrogens with zero attached hydrogens (tertiary/aromatic N) is 4. The fourth-order valence-corrected chi connectivity index (χ4v) is 1.46. The number of rotatable bonds is 2. The van der Waals surface area contributed by atoms with Gasteiger partial charge in [-0.15, -0.1) is 0 Å². The molecular formula is C11H7N5O2. The summed E-state index contributed by atoms with van der Waals surface area (Å²) in [6, 6.07) is 6.01. The number of pyridine rings is 2. The topological polar surface area (TPSA) is 119 Å². The molecular weight excluding hydrogens is 234 g/mol. The van der Waals surface area contributed by atoms with E-state index in [-0.39, 0.29) is 17.2 Å². The van der Waals surface area contributed by atoms with E-state index in [2.05, 4.69) is 9.97 Å². The summed E-state index contributed by atoms with van der Waals surface area (Å²) in [5.74, 6) is 0.165. The molecule has 0 saturated heterocycles. The maximum Gasteiger partial charge on any atom is 0.295 e. The molecule has 0 unspecified atom stereocenters. The predicted molar refractivity (Wildman–Crippen MR) is 63.2 cm³/mol. The van der Waals surface area contributed by atoms with E-state index in [1.807, 2.05) is 6.07 Å². The van der Waals surface area contributed by atoms with Gasteiger partial charge in [0.05, 0.1) is 10.5 Å². The first-order chi connectivity index (χ1) is 8.61. The molecule has 7 heteroatoms. The van der Waals surface area contributed by atoms with Crippen molar-refractivity contribution in [1.82, 2.24) is 9.97 Å². The Morgan fingerprint density at radius 2 is 2.17 bits per heavy atom. The van der Waals surface area contributed by atoms with Gasteiger partial charge in [0.25, 0.3) is 5.69 Å². The van der Waals surface area contributed by atoms with Crippen LogP contribution >= 0.6 is 0 Å². The summed E-state index contributed by atoms with van der Waals surface area (Å²) in [5, 5.41) is 19.7. The van der Waals surface area contributed by atoms with Gasteiger partial charge in [-0.1, -0.05) is 0 Å². The second-order valence-electron chi connectivity index (χ2n) is 3.44. The molecule has 0 aliphatic rings. The minimum Gasteiger partial charge on any atom is -0.384 e. The van der Waals surface area contributed by atoms with E-state index in [1.54, 1.807) is 0 Å². The van der Waals surface area contributed by atoms with E-state index in [0.717, 1.165) is 0 Å². The zero-order valence-corrected chi connectivity index (χ0v) is 9.07. The van der Waals surface area contributed by atoms with Crippen molar-refractivity contribution in [1.29, 1.82) is 5.26 Å². The van der Waals surface area contributed by atoms with Crippen LogP contribution in [-0.4, -0.2) is 14.9 Å². The first-order valence-electron chi connectivity index (χ1n) is 4.88. The van der Waals surface area contributed by atoms with E-state index in [0.29, 0.717) is 11.1 Å². The molecule has 7 nitrogen and oxygen atoms in total. The molecule has 0 aromatic carbocycles. The van der Waals surface area contributed by atoms with E-state index >= 15 is 0 Å². The van der Waals surface area contributed by atoms with Crippen molar-refractivity contribution in [3.8, 4) is 17.3 Å². The zero-order valence-electron chi connectivity index (χ0n) is 9.07. The lowest BCUT2D eigenvalue weighted by Crippen LogP contribution is -1.98. The summed E-state index contributed by atoms with van der Waals surface area (Å²) in [6.45, 7) is 0. The Morgan fingerprint density at radius 1 is 1.39 bits per heavy atom. The van der Waals surface area contributed by atoms with Gasteiger partial charge in [0, 0.05) is 24.0 Å². The summed E-state index contributed by atoms with van der Waals surface area (Å²) in [4.78, 5) is 18.1. The molecule has 0 radical (unpaired) electrons. The van der Waals surface area contributed by atoms with Crippen LogP contribution in [0.2, 0.25) is 0 Å². The summed E-state index contributed by atoms with van der Waals surface area (Å²) >= 11 is 0. The first-order valence-corrected chi connectivity index (χ1v) is 4.88. The highest BCUT2D eigenvalue weighted by Crippen LogP contribution is 2.28. The van der Waals surface area contributed by atoms with E-state index < -0.39 is 4.92 Å². The molecule has 0 aliphatic carbocycles. The average Bonchev–Trinajstić information content (AvgIpc) is 2.38. The van der Waals surface area contributed by atoms with E-state index in [4.69, 9.17) is 11.0 Å². The number of aromatic nitrogens is 2. The highest BCUT2D eigenvalue weighted by atomic mass is 16.6. The maximum absolute atomic E-state index is 10.9. The Labute approximate surface area is 102 Å². The number of nitrogens with two attached hydrogens (primary N) is 1. The van der Waals surface area contributed by atoms with Crippen LogP contribution in [-0.2, 0) is 0 Å². The molecule has 0 fully saturated rings. The molecule has 0 atom stereocenters. The largest absolute Gasteiger partial charge is 0.384 e. The van der Waals surface area contributed by atoms with E-state index in [1.165, 1.54) is 30.6 Å². The van der Waals surface area contributed by atoms with Crippen molar-refractivity contribution in [2.75, 3.05) is 5.73 Å². The number of nitro groups is 1. The van der Waals surface area contributed by atoms with Gasteiger partial charge in [-0.05, 0) is 12.1 Å². The molecule has 0 aliphatic heterocycles. The van der Waals surface area contributed by atoms with Crippen molar-refractivity contribution >= 4 is 11.5 Å². The lowest BCUT2D eigenvalue weighted by atomic mass is 10.1. The second-order valence-corrected chi connectivity index (χ2v) is 3.44. The van der Waals surface area contributed by atoms with Gasteiger partial charge in [0.1, 0.15) is 11.9 Å². The molecule has 2 heterocycles. The molecule has 2 aromatic rings. The van der Waals surface area contributed by atoms with Crippen LogP contribution in [0.1, 0.15) is 5.56 Å². The summed E-state index contributed by atoms with van der Waals surface area (Å²) < 4.78 is 0. The Balaban J connectivity index is 2.66. The zero-order chi connectivity index (χ0) is 13.1. The third-order valence-corrected chi connectivity index (χ3v) is 2.23. The van der Waals surface area contributed by atoms with Gasteiger partial charge in [-0.3, -0.25) is 15.1 Å².